The zero-order valence-electron chi connectivity index (χ0n) is 18.4. The van der Waals surface area contributed by atoms with E-state index in [1.807, 2.05) is 0 Å². The van der Waals surface area contributed by atoms with Gasteiger partial charge in [0, 0.05) is 11.3 Å². The quantitative estimate of drug-likeness (QED) is 0.384. The van der Waals surface area contributed by atoms with Crippen molar-refractivity contribution in [2.45, 2.75) is 17.8 Å². The molecule has 2 heteroatoms. The maximum Gasteiger partial charge on any atom is 0.161 e. The highest BCUT2D eigenvalue weighted by molar-refractivity contribution is 5.68. The molecule has 0 amide bonds. The van der Waals surface area contributed by atoms with E-state index in [1.54, 1.807) is 14.2 Å². The Labute approximate surface area is 189 Å². The van der Waals surface area contributed by atoms with Gasteiger partial charge in [0.05, 0.1) is 14.2 Å². The molecule has 2 aliphatic rings. The van der Waals surface area contributed by atoms with E-state index in [2.05, 4.69) is 97.1 Å². The van der Waals surface area contributed by atoms with E-state index in [0.717, 1.165) is 17.9 Å². The van der Waals surface area contributed by atoms with Crippen LogP contribution in [0, 0.1) is 5.92 Å². The summed E-state index contributed by atoms with van der Waals surface area (Å²) >= 11 is 0. The van der Waals surface area contributed by atoms with Crippen LogP contribution in [0.2, 0.25) is 0 Å². The average molecular weight is 419 g/mol. The molecule has 0 N–H and O–H groups in total. The fourth-order valence-electron chi connectivity index (χ4n) is 6.39. The number of methoxy groups -OCH3 is 2. The number of benzene rings is 4. The van der Waals surface area contributed by atoms with Crippen molar-refractivity contribution in [2.75, 3.05) is 14.2 Å². The Hall–Kier alpha value is -3.52. The van der Waals surface area contributed by atoms with E-state index in [0.29, 0.717) is 5.92 Å². The Bertz CT molecular complexity index is 1280. The summed E-state index contributed by atoms with van der Waals surface area (Å²) < 4.78 is 11.5. The van der Waals surface area contributed by atoms with E-state index >= 15 is 0 Å². The van der Waals surface area contributed by atoms with Crippen LogP contribution in [0.4, 0.5) is 0 Å². The van der Waals surface area contributed by atoms with Gasteiger partial charge in [-0.2, -0.15) is 0 Å². The van der Waals surface area contributed by atoms with Crippen molar-refractivity contribution in [3.8, 4) is 11.5 Å². The molecule has 4 aromatic carbocycles. The van der Waals surface area contributed by atoms with Crippen molar-refractivity contribution in [3.05, 3.63) is 130 Å². The van der Waals surface area contributed by atoms with Gasteiger partial charge < -0.3 is 9.47 Å². The van der Waals surface area contributed by atoms with Gasteiger partial charge in [0.2, 0.25) is 0 Å². The summed E-state index contributed by atoms with van der Waals surface area (Å²) in [4.78, 5) is 0. The highest BCUT2D eigenvalue weighted by Gasteiger charge is 2.58. The Morgan fingerprint density at radius 2 is 1.31 bits per heavy atom. The molecule has 32 heavy (non-hydrogen) atoms. The summed E-state index contributed by atoms with van der Waals surface area (Å²) in [6.45, 7) is 0. The van der Waals surface area contributed by atoms with Crippen LogP contribution in [0.1, 0.15) is 39.3 Å². The first kappa shape index (κ1) is 19.2. The minimum absolute atomic E-state index is 0.215. The highest BCUT2D eigenvalue weighted by atomic mass is 16.5. The zero-order valence-corrected chi connectivity index (χ0v) is 18.4. The van der Waals surface area contributed by atoms with Gasteiger partial charge in [-0.3, -0.25) is 0 Å². The fraction of sp³-hybridized carbons (Fsp3) is 0.200. The van der Waals surface area contributed by atoms with Crippen LogP contribution < -0.4 is 9.47 Å². The molecule has 2 aliphatic carbocycles. The molecule has 4 aromatic rings. The minimum atomic E-state index is -0.215. The van der Waals surface area contributed by atoms with Crippen molar-refractivity contribution in [1.82, 2.24) is 0 Å². The normalized spacial score (nSPS) is 22.7. The highest BCUT2D eigenvalue weighted by Crippen LogP contribution is 2.65. The Balaban J connectivity index is 1.74. The summed E-state index contributed by atoms with van der Waals surface area (Å²) in [5.74, 6) is 2.25. The summed E-state index contributed by atoms with van der Waals surface area (Å²) in [7, 11) is 3.45. The number of fused-ring (bicyclic) bond motifs is 5. The van der Waals surface area contributed by atoms with Gasteiger partial charge in [0.1, 0.15) is 0 Å². The first-order chi connectivity index (χ1) is 15.8. The fourth-order valence-corrected chi connectivity index (χ4v) is 6.39. The van der Waals surface area contributed by atoms with Crippen molar-refractivity contribution < 1.29 is 9.47 Å². The van der Waals surface area contributed by atoms with Gasteiger partial charge in [-0.1, -0.05) is 84.9 Å². The minimum Gasteiger partial charge on any atom is -0.493 e. The van der Waals surface area contributed by atoms with E-state index in [9.17, 15) is 0 Å². The van der Waals surface area contributed by atoms with E-state index in [4.69, 9.17) is 9.47 Å². The molecular weight excluding hydrogens is 392 g/mol. The first-order valence-corrected chi connectivity index (χ1v) is 11.2. The van der Waals surface area contributed by atoms with Crippen LogP contribution in [0.25, 0.3) is 0 Å². The standard InChI is InChI=1S/C30H26O2/c1-31-27-18-23-25(19-28(27)32-2)30(22-14-7-4-8-15-22)24-16-10-9-13-21(24)17-26(30)29(23)20-11-5-3-6-12-20/h3-16,18-19,26,29H,17H2,1-2H3/t26-,29+,30+/m1/s1. The molecule has 158 valence electrons. The third-order valence-electron chi connectivity index (χ3n) is 7.54. The third kappa shape index (κ3) is 2.47. The predicted octanol–water partition coefficient (Wildman–Crippen LogP) is 6.36. The van der Waals surface area contributed by atoms with Gasteiger partial charge in [0.25, 0.3) is 0 Å². The van der Waals surface area contributed by atoms with Crippen LogP contribution in [-0.4, -0.2) is 14.2 Å². The summed E-state index contributed by atoms with van der Waals surface area (Å²) in [5.41, 5.74) is 8.04. The molecule has 0 saturated heterocycles. The molecule has 0 heterocycles. The second-order valence-electron chi connectivity index (χ2n) is 8.82. The molecule has 0 saturated carbocycles. The maximum atomic E-state index is 5.79. The molecule has 0 unspecified atom stereocenters. The van der Waals surface area contributed by atoms with Gasteiger partial charge in [-0.15, -0.1) is 0 Å². The number of rotatable bonds is 4. The Morgan fingerprint density at radius 1 is 0.688 bits per heavy atom. The molecule has 0 fully saturated rings. The largest absolute Gasteiger partial charge is 0.493 e. The van der Waals surface area contributed by atoms with Crippen LogP contribution in [0.3, 0.4) is 0 Å². The molecule has 2 nitrogen and oxygen atoms in total. The van der Waals surface area contributed by atoms with Crippen molar-refractivity contribution >= 4 is 0 Å². The second kappa shape index (κ2) is 7.27. The van der Waals surface area contributed by atoms with Crippen molar-refractivity contribution in [1.29, 1.82) is 0 Å². The van der Waals surface area contributed by atoms with Crippen molar-refractivity contribution in [3.63, 3.8) is 0 Å². The molecule has 0 radical (unpaired) electrons. The van der Waals surface area contributed by atoms with E-state index in [1.165, 1.54) is 33.4 Å². The topological polar surface area (TPSA) is 18.5 Å². The summed E-state index contributed by atoms with van der Waals surface area (Å²) in [6, 6.07) is 35.4. The van der Waals surface area contributed by atoms with Gasteiger partial charge in [-0.05, 0) is 57.9 Å². The summed E-state index contributed by atoms with van der Waals surface area (Å²) in [6.07, 6.45) is 1.05. The Morgan fingerprint density at radius 3 is 2.03 bits per heavy atom. The SMILES string of the molecule is COc1cc2c(cc1OC)[C@]1(c3ccccc3)c3ccccc3C[C@@H]1[C@H]2c1ccccc1. The molecule has 6 rings (SSSR count). The predicted molar refractivity (Wildman–Crippen MR) is 128 cm³/mol. The number of hydrogen-bond acceptors (Lipinski definition) is 2. The first-order valence-electron chi connectivity index (χ1n) is 11.2. The van der Waals surface area contributed by atoms with Gasteiger partial charge in [0.15, 0.2) is 11.5 Å². The van der Waals surface area contributed by atoms with Crippen LogP contribution in [-0.2, 0) is 11.8 Å². The van der Waals surface area contributed by atoms with Crippen LogP contribution in [0.15, 0.2) is 97.1 Å². The third-order valence-corrected chi connectivity index (χ3v) is 7.54. The van der Waals surface area contributed by atoms with E-state index < -0.39 is 0 Å². The lowest BCUT2D eigenvalue weighted by Gasteiger charge is -2.35. The smallest absolute Gasteiger partial charge is 0.161 e. The zero-order chi connectivity index (χ0) is 21.7. The lowest BCUT2D eigenvalue weighted by atomic mass is 9.67. The van der Waals surface area contributed by atoms with Gasteiger partial charge in [-0.25, -0.2) is 0 Å². The van der Waals surface area contributed by atoms with E-state index in [-0.39, 0.29) is 11.3 Å². The molecular formula is C30H26O2. The molecule has 0 spiro atoms. The van der Waals surface area contributed by atoms with Gasteiger partial charge >= 0.3 is 0 Å². The molecule has 0 aromatic heterocycles. The molecule has 0 aliphatic heterocycles. The second-order valence-corrected chi connectivity index (χ2v) is 8.82. The number of hydrogen-bond donors (Lipinski definition) is 0. The lowest BCUT2D eigenvalue weighted by Crippen LogP contribution is -2.32. The lowest BCUT2D eigenvalue weighted by molar-refractivity contribution is 0.354. The Kier molecular flexibility index (Phi) is 4.36. The van der Waals surface area contributed by atoms with Crippen molar-refractivity contribution in [2.24, 2.45) is 5.92 Å². The number of ether oxygens (including phenoxy) is 2. The maximum absolute atomic E-state index is 5.79. The molecule has 0 bridgehead atoms. The average Bonchev–Trinajstić information content (AvgIpc) is 3.34. The monoisotopic (exact) mass is 418 g/mol. The molecule has 3 atom stereocenters. The van der Waals surface area contributed by atoms with Crippen LogP contribution in [0.5, 0.6) is 11.5 Å². The summed E-state index contributed by atoms with van der Waals surface area (Å²) in [5, 5.41) is 0. The van der Waals surface area contributed by atoms with Crippen LogP contribution >= 0.6 is 0 Å².